The van der Waals surface area contributed by atoms with E-state index in [1.54, 1.807) is 0 Å². The minimum Gasteiger partial charge on any atom is -0.357 e. The second-order valence-corrected chi connectivity index (χ2v) is 6.06. The van der Waals surface area contributed by atoms with E-state index >= 15 is 0 Å². The fourth-order valence-corrected chi connectivity index (χ4v) is 2.82. The predicted octanol–water partition coefficient (Wildman–Crippen LogP) is 3.24. The molecule has 4 nitrogen and oxygen atoms in total. The molecule has 2 rings (SSSR count). The summed E-state index contributed by atoms with van der Waals surface area (Å²) < 4.78 is 2.18. The highest BCUT2D eigenvalue weighted by Crippen LogP contribution is 2.37. The fourth-order valence-electron chi connectivity index (χ4n) is 2.82. The Bertz CT molecular complexity index is 408. The Labute approximate surface area is 145 Å². The molecule has 0 radical (unpaired) electrons. The van der Waals surface area contributed by atoms with E-state index in [-0.39, 0.29) is 24.0 Å². The second-order valence-electron chi connectivity index (χ2n) is 6.06. The van der Waals surface area contributed by atoms with Crippen LogP contribution in [-0.4, -0.2) is 30.2 Å². The van der Waals surface area contributed by atoms with Crippen LogP contribution in [0.5, 0.6) is 0 Å². The third kappa shape index (κ3) is 6.28. The molecule has 1 aliphatic rings. The second kappa shape index (κ2) is 9.33. The summed E-state index contributed by atoms with van der Waals surface area (Å²) in [5, 5.41) is 6.75. The van der Waals surface area contributed by atoms with Crippen LogP contribution >= 0.6 is 24.0 Å². The summed E-state index contributed by atoms with van der Waals surface area (Å²) in [4.78, 5) is 4.77. The van der Waals surface area contributed by atoms with E-state index in [2.05, 4.69) is 53.6 Å². The smallest absolute Gasteiger partial charge is 0.191 e. The molecule has 5 heteroatoms. The lowest BCUT2D eigenvalue weighted by Crippen LogP contribution is -2.39. The van der Waals surface area contributed by atoms with E-state index in [0.29, 0.717) is 5.41 Å². The highest BCUT2D eigenvalue weighted by atomic mass is 127. The first kappa shape index (κ1) is 18.3. The molecular formula is C16H29IN4. The molecule has 1 aliphatic carbocycles. The molecule has 0 aromatic carbocycles. The average molecular weight is 404 g/mol. The van der Waals surface area contributed by atoms with E-state index in [9.17, 15) is 0 Å². The highest BCUT2D eigenvalue weighted by Gasteiger charge is 2.28. The lowest BCUT2D eigenvalue weighted by atomic mass is 9.89. The van der Waals surface area contributed by atoms with Gasteiger partial charge in [-0.2, -0.15) is 0 Å². The van der Waals surface area contributed by atoms with E-state index < -0.39 is 0 Å². The number of guanidine groups is 1. The molecule has 0 atom stereocenters. The van der Waals surface area contributed by atoms with E-state index in [1.807, 2.05) is 0 Å². The van der Waals surface area contributed by atoms with Crippen molar-refractivity contribution in [1.82, 2.24) is 15.2 Å². The Balaban J connectivity index is 0.00000220. The number of nitrogens with zero attached hydrogens (tertiary/aromatic N) is 2. The maximum Gasteiger partial charge on any atom is 0.191 e. The Hall–Kier alpha value is -0.720. The van der Waals surface area contributed by atoms with Crippen LogP contribution in [0.25, 0.3) is 0 Å². The molecule has 0 bridgehead atoms. The van der Waals surface area contributed by atoms with Gasteiger partial charge in [-0.05, 0) is 37.3 Å². The number of aromatic nitrogens is 1. The lowest BCUT2D eigenvalue weighted by molar-refractivity contribution is 0.350. The van der Waals surface area contributed by atoms with Crippen LogP contribution in [-0.2, 0) is 6.54 Å². The predicted molar refractivity (Wildman–Crippen MR) is 100 cm³/mol. The van der Waals surface area contributed by atoms with Gasteiger partial charge in [0, 0.05) is 38.6 Å². The third-order valence-corrected chi connectivity index (χ3v) is 4.10. The van der Waals surface area contributed by atoms with Crippen molar-refractivity contribution in [3.05, 3.63) is 24.5 Å². The van der Waals surface area contributed by atoms with Gasteiger partial charge in [-0.25, -0.2) is 0 Å². The third-order valence-electron chi connectivity index (χ3n) is 4.10. The number of aliphatic imine (C=N–C) groups is 1. The van der Waals surface area contributed by atoms with E-state index in [1.165, 1.54) is 25.7 Å². The van der Waals surface area contributed by atoms with E-state index in [4.69, 9.17) is 4.99 Å². The first-order valence-electron chi connectivity index (χ1n) is 7.85. The van der Waals surface area contributed by atoms with Gasteiger partial charge in [-0.3, -0.25) is 4.99 Å². The monoisotopic (exact) mass is 404 g/mol. The summed E-state index contributed by atoms with van der Waals surface area (Å²) in [5.41, 5.74) is 0.419. The maximum absolute atomic E-state index is 4.77. The quantitative estimate of drug-likeness (QED) is 0.434. The maximum atomic E-state index is 4.77. The molecule has 120 valence electrons. The van der Waals surface area contributed by atoms with Crippen LogP contribution in [0, 0.1) is 5.41 Å². The van der Waals surface area contributed by atoms with Crippen LogP contribution in [0.4, 0.5) is 0 Å². The van der Waals surface area contributed by atoms with Gasteiger partial charge in [0.05, 0.1) is 0 Å². The number of hydrogen-bond acceptors (Lipinski definition) is 1. The van der Waals surface area contributed by atoms with Crippen molar-refractivity contribution in [1.29, 1.82) is 0 Å². The van der Waals surface area contributed by atoms with Gasteiger partial charge in [-0.15, -0.1) is 24.0 Å². The summed E-state index contributed by atoms with van der Waals surface area (Å²) in [5.74, 6) is 0.952. The molecule has 0 amide bonds. The first-order chi connectivity index (χ1) is 9.72. The van der Waals surface area contributed by atoms with Crippen molar-refractivity contribution >= 4 is 29.9 Å². The van der Waals surface area contributed by atoms with Crippen molar-refractivity contribution in [3.8, 4) is 0 Å². The number of halogens is 1. The summed E-state index contributed by atoms with van der Waals surface area (Å²) in [6, 6.07) is 4.11. The van der Waals surface area contributed by atoms with Gasteiger partial charge < -0.3 is 15.2 Å². The molecular weight excluding hydrogens is 375 g/mol. The number of rotatable bonds is 6. The topological polar surface area (TPSA) is 41.4 Å². The van der Waals surface area contributed by atoms with Crippen LogP contribution in [0.1, 0.15) is 39.5 Å². The molecule has 21 heavy (non-hydrogen) atoms. The van der Waals surface area contributed by atoms with Crippen molar-refractivity contribution in [2.45, 2.75) is 46.1 Å². The normalized spacial score (nSPS) is 17.3. The molecule has 1 aromatic heterocycles. The van der Waals surface area contributed by atoms with Crippen LogP contribution < -0.4 is 10.6 Å². The van der Waals surface area contributed by atoms with Crippen molar-refractivity contribution in [2.24, 2.45) is 10.4 Å². The summed E-state index contributed by atoms with van der Waals surface area (Å²) in [7, 11) is 0. The SMILES string of the molecule is CCNC(=NCC1(C)CCCC1)NCCn1cccc1.I. The zero-order chi connectivity index (χ0) is 14.3. The van der Waals surface area contributed by atoms with Gasteiger partial charge in [0.1, 0.15) is 0 Å². The zero-order valence-corrected chi connectivity index (χ0v) is 15.6. The van der Waals surface area contributed by atoms with Gasteiger partial charge >= 0.3 is 0 Å². The van der Waals surface area contributed by atoms with Crippen LogP contribution in [0.2, 0.25) is 0 Å². The average Bonchev–Trinajstić information content (AvgIpc) is 3.08. The van der Waals surface area contributed by atoms with Crippen LogP contribution in [0.15, 0.2) is 29.5 Å². The summed E-state index contributed by atoms with van der Waals surface area (Å²) in [6.45, 7) is 8.19. The molecule has 0 unspecified atom stereocenters. The Morgan fingerprint density at radius 3 is 2.48 bits per heavy atom. The minimum atomic E-state index is 0. The van der Waals surface area contributed by atoms with Gasteiger partial charge in [-0.1, -0.05) is 19.8 Å². The minimum absolute atomic E-state index is 0. The Morgan fingerprint density at radius 2 is 1.86 bits per heavy atom. The van der Waals surface area contributed by atoms with Crippen LogP contribution in [0.3, 0.4) is 0 Å². The van der Waals surface area contributed by atoms with Gasteiger partial charge in [0.2, 0.25) is 0 Å². The largest absolute Gasteiger partial charge is 0.357 e. The molecule has 1 saturated carbocycles. The van der Waals surface area contributed by atoms with Crippen molar-refractivity contribution in [3.63, 3.8) is 0 Å². The highest BCUT2D eigenvalue weighted by molar-refractivity contribution is 14.0. The molecule has 0 aliphatic heterocycles. The Kier molecular flexibility index (Phi) is 8.14. The van der Waals surface area contributed by atoms with E-state index in [0.717, 1.165) is 32.1 Å². The Morgan fingerprint density at radius 1 is 1.19 bits per heavy atom. The molecule has 1 fully saturated rings. The lowest BCUT2D eigenvalue weighted by Gasteiger charge is -2.21. The fraction of sp³-hybridized carbons (Fsp3) is 0.688. The molecule has 1 heterocycles. The van der Waals surface area contributed by atoms with Crippen molar-refractivity contribution < 1.29 is 0 Å². The molecule has 0 spiro atoms. The number of hydrogen-bond donors (Lipinski definition) is 2. The summed E-state index contributed by atoms with van der Waals surface area (Å²) >= 11 is 0. The molecule has 0 saturated heterocycles. The number of nitrogens with one attached hydrogen (secondary N) is 2. The zero-order valence-electron chi connectivity index (χ0n) is 13.3. The standard InChI is InChI=1S/C16H28N4.HI/c1-3-17-15(18-10-13-20-11-6-7-12-20)19-14-16(2)8-4-5-9-16;/h6-7,11-12H,3-5,8-10,13-14H2,1-2H3,(H2,17,18,19);1H. The van der Waals surface area contributed by atoms with Gasteiger partial charge in [0.15, 0.2) is 5.96 Å². The molecule has 1 aromatic rings. The molecule has 2 N–H and O–H groups in total. The first-order valence-corrected chi connectivity index (χ1v) is 7.85. The van der Waals surface area contributed by atoms with Gasteiger partial charge in [0.25, 0.3) is 0 Å². The van der Waals surface area contributed by atoms with Crippen molar-refractivity contribution in [2.75, 3.05) is 19.6 Å². The summed E-state index contributed by atoms with van der Waals surface area (Å²) in [6.07, 6.45) is 9.54.